The summed E-state index contributed by atoms with van der Waals surface area (Å²) in [4.78, 5) is 37.5. The SMILES string of the molecule is CCC12Cc3c([nH]c4ccc(OC)cc34)C(c3ccccc3)N1C(=O)N(CCN1CCCC1)C2=O. The molecule has 3 aromatic rings. The fourth-order valence-corrected chi connectivity index (χ4v) is 6.34. The number of imide groups is 1. The molecule has 0 bridgehead atoms. The second-order valence-electron chi connectivity index (χ2n) is 9.96. The van der Waals surface area contributed by atoms with Crippen LogP contribution in [-0.4, -0.2) is 70.4 Å². The summed E-state index contributed by atoms with van der Waals surface area (Å²) < 4.78 is 5.51. The van der Waals surface area contributed by atoms with E-state index in [-0.39, 0.29) is 18.0 Å². The van der Waals surface area contributed by atoms with Crippen LogP contribution in [0.5, 0.6) is 5.75 Å². The number of H-pyrrole nitrogens is 1. The lowest BCUT2D eigenvalue weighted by Crippen LogP contribution is -2.55. The predicted molar refractivity (Wildman–Crippen MR) is 134 cm³/mol. The summed E-state index contributed by atoms with van der Waals surface area (Å²) in [7, 11) is 1.67. The molecular weight excluding hydrogens is 440 g/mol. The number of methoxy groups -OCH3 is 1. The number of aromatic nitrogens is 1. The summed E-state index contributed by atoms with van der Waals surface area (Å²) in [6.45, 7) is 5.31. The number of amides is 3. The van der Waals surface area contributed by atoms with Gasteiger partial charge in [0, 0.05) is 36.1 Å². The van der Waals surface area contributed by atoms with Crippen molar-refractivity contribution in [3.8, 4) is 5.75 Å². The molecule has 0 aliphatic carbocycles. The zero-order valence-electron chi connectivity index (χ0n) is 20.4. The Bertz CT molecular complexity index is 1280. The minimum absolute atomic E-state index is 0.0620. The van der Waals surface area contributed by atoms with Gasteiger partial charge >= 0.3 is 6.03 Å². The Kier molecular flexibility index (Phi) is 5.33. The third-order valence-corrected chi connectivity index (χ3v) is 8.23. The zero-order chi connectivity index (χ0) is 24.2. The fourth-order valence-electron chi connectivity index (χ4n) is 6.34. The van der Waals surface area contributed by atoms with Crippen LogP contribution in [0.2, 0.25) is 0 Å². The summed E-state index contributed by atoms with van der Waals surface area (Å²) in [6.07, 6.45) is 3.44. The molecule has 2 unspecified atom stereocenters. The first-order chi connectivity index (χ1) is 17.1. The second kappa shape index (κ2) is 8.41. The van der Waals surface area contributed by atoms with Gasteiger partial charge in [-0.3, -0.25) is 14.6 Å². The quantitative estimate of drug-likeness (QED) is 0.542. The number of nitrogens with zero attached hydrogens (tertiary/aromatic N) is 3. The standard InChI is InChI=1S/C28H32N4O3/c1-3-28-18-22-21-17-20(35-2)11-12-23(21)29-24(22)25(19-9-5-4-6-10-19)32(28)27(34)31(26(28)33)16-15-30-13-7-8-14-30/h4-6,9-12,17,25,29H,3,7-8,13-16,18H2,1-2H3. The van der Waals surface area contributed by atoms with Crippen LogP contribution in [0.4, 0.5) is 4.79 Å². The van der Waals surface area contributed by atoms with Crippen LogP contribution >= 0.6 is 0 Å². The third-order valence-electron chi connectivity index (χ3n) is 8.23. The number of rotatable bonds is 6. The van der Waals surface area contributed by atoms with Crippen LogP contribution in [0, 0.1) is 0 Å². The molecule has 4 heterocycles. The number of ether oxygens (including phenoxy) is 1. The van der Waals surface area contributed by atoms with Crippen molar-refractivity contribution >= 4 is 22.8 Å². The van der Waals surface area contributed by atoms with E-state index in [1.54, 1.807) is 7.11 Å². The van der Waals surface area contributed by atoms with Crippen LogP contribution in [0.15, 0.2) is 48.5 Å². The maximum absolute atomic E-state index is 14.1. The average Bonchev–Trinajstić information content (AvgIpc) is 3.59. The zero-order valence-corrected chi connectivity index (χ0v) is 20.4. The van der Waals surface area contributed by atoms with E-state index in [1.807, 2.05) is 48.2 Å². The van der Waals surface area contributed by atoms with E-state index in [4.69, 9.17) is 4.74 Å². The Labute approximate surface area is 205 Å². The molecule has 3 aliphatic heterocycles. The first-order valence-corrected chi connectivity index (χ1v) is 12.7. The molecular formula is C28H32N4O3. The minimum Gasteiger partial charge on any atom is -0.497 e. The van der Waals surface area contributed by atoms with Crippen molar-refractivity contribution in [3.63, 3.8) is 0 Å². The molecule has 1 N–H and O–H groups in total. The number of aromatic amines is 1. The van der Waals surface area contributed by atoms with Gasteiger partial charge in [-0.05, 0) is 61.7 Å². The van der Waals surface area contributed by atoms with Crippen LogP contribution in [0.25, 0.3) is 10.9 Å². The van der Waals surface area contributed by atoms with E-state index in [9.17, 15) is 9.59 Å². The molecule has 1 aromatic heterocycles. The monoisotopic (exact) mass is 472 g/mol. The molecule has 7 nitrogen and oxygen atoms in total. The van der Waals surface area contributed by atoms with Crippen molar-refractivity contribution in [1.29, 1.82) is 0 Å². The molecule has 2 aromatic carbocycles. The van der Waals surface area contributed by atoms with Crippen molar-refractivity contribution in [2.45, 2.75) is 44.2 Å². The van der Waals surface area contributed by atoms with Crippen molar-refractivity contribution in [3.05, 3.63) is 65.4 Å². The van der Waals surface area contributed by atoms with E-state index in [1.165, 1.54) is 17.7 Å². The molecule has 6 rings (SSSR count). The van der Waals surface area contributed by atoms with Gasteiger partial charge in [-0.25, -0.2) is 4.79 Å². The summed E-state index contributed by atoms with van der Waals surface area (Å²) in [5.41, 5.74) is 3.20. The second-order valence-corrected chi connectivity index (χ2v) is 9.96. The summed E-state index contributed by atoms with van der Waals surface area (Å²) in [5.74, 6) is 0.720. The van der Waals surface area contributed by atoms with Crippen molar-refractivity contribution in [1.82, 2.24) is 19.7 Å². The van der Waals surface area contributed by atoms with Crippen molar-refractivity contribution in [2.75, 3.05) is 33.3 Å². The maximum Gasteiger partial charge on any atom is 0.328 e. The molecule has 0 saturated carbocycles. The summed E-state index contributed by atoms with van der Waals surface area (Å²) >= 11 is 0. The average molecular weight is 473 g/mol. The Balaban J connectivity index is 1.49. The van der Waals surface area contributed by atoms with E-state index in [2.05, 4.69) is 22.0 Å². The van der Waals surface area contributed by atoms with Gasteiger partial charge in [0.15, 0.2) is 0 Å². The van der Waals surface area contributed by atoms with Crippen molar-refractivity contribution in [2.24, 2.45) is 0 Å². The number of hydrogen-bond acceptors (Lipinski definition) is 4. The van der Waals surface area contributed by atoms with Gasteiger partial charge in [0.2, 0.25) is 0 Å². The normalized spacial score (nSPS) is 24.3. The predicted octanol–water partition coefficient (Wildman–Crippen LogP) is 4.33. The highest BCUT2D eigenvalue weighted by Crippen LogP contribution is 2.50. The number of hydrogen-bond donors (Lipinski definition) is 1. The molecule has 2 fully saturated rings. The fraction of sp³-hybridized carbons (Fsp3) is 0.429. The maximum atomic E-state index is 14.1. The van der Waals surface area contributed by atoms with Gasteiger partial charge < -0.3 is 14.6 Å². The molecule has 2 saturated heterocycles. The highest BCUT2D eigenvalue weighted by Gasteiger charge is 2.61. The lowest BCUT2D eigenvalue weighted by atomic mass is 9.78. The number of carbonyl (C=O) groups excluding carboxylic acids is 2. The molecule has 3 amide bonds. The molecule has 7 heteroatoms. The number of carbonyl (C=O) groups is 2. The van der Waals surface area contributed by atoms with Crippen LogP contribution < -0.4 is 4.74 Å². The molecule has 182 valence electrons. The van der Waals surface area contributed by atoms with E-state index >= 15 is 0 Å². The smallest absolute Gasteiger partial charge is 0.328 e. The lowest BCUT2D eigenvalue weighted by Gasteiger charge is -2.44. The Morgan fingerprint density at radius 2 is 1.83 bits per heavy atom. The molecule has 2 atom stereocenters. The molecule has 35 heavy (non-hydrogen) atoms. The van der Waals surface area contributed by atoms with E-state index in [0.29, 0.717) is 19.4 Å². The number of fused-ring (bicyclic) bond motifs is 4. The first-order valence-electron chi connectivity index (χ1n) is 12.7. The Morgan fingerprint density at radius 1 is 1.06 bits per heavy atom. The van der Waals surface area contributed by atoms with Gasteiger partial charge in [0.1, 0.15) is 17.3 Å². The Hall–Kier alpha value is -3.32. The molecule has 0 radical (unpaired) electrons. The van der Waals surface area contributed by atoms with Crippen LogP contribution in [0.3, 0.4) is 0 Å². The number of benzene rings is 2. The van der Waals surface area contributed by atoms with Gasteiger partial charge in [-0.15, -0.1) is 0 Å². The third kappa shape index (κ3) is 3.28. The van der Waals surface area contributed by atoms with Crippen LogP contribution in [0.1, 0.15) is 49.0 Å². The first kappa shape index (κ1) is 22.2. The van der Waals surface area contributed by atoms with E-state index < -0.39 is 5.54 Å². The highest BCUT2D eigenvalue weighted by atomic mass is 16.5. The van der Waals surface area contributed by atoms with Crippen LogP contribution in [-0.2, 0) is 11.2 Å². The van der Waals surface area contributed by atoms with Crippen molar-refractivity contribution < 1.29 is 14.3 Å². The lowest BCUT2D eigenvalue weighted by molar-refractivity contribution is -0.134. The summed E-state index contributed by atoms with van der Waals surface area (Å²) in [5, 5.41) is 1.06. The largest absolute Gasteiger partial charge is 0.497 e. The van der Waals surface area contributed by atoms with Gasteiger partial charge in [0.05, 0.1) is 7.11 Å². The molecule has 0 spiro atoms. The van der Waals surface area contributed by atoms with E-state index in [0.717, 1.165) is 53.1 Å². The number of nitrogens with one attached hydrogen (secondary N) is 1. The number of likely N-dealkylation sites (tertiary alicyclic amines) is 1. The Morgan fingerprint density at radius 3 is 2.54 bits per heavy atom. The van der Waals surface area contributed by atoms with Gasteiger partial charge in [-0.2, -0.15) is 0 Å². The minimum atomic E-state index is -0.895. The van der Waals surface area contributed by atoms with Gasteiger partial charge in [-0.1, -0.05) is 37.3 Å². The van der Waals surface area contributed by atoms with Gasteiger partial charge in [0.25, 0.3) is 5.91 Å². The topological polar surface area (TPSA) is 68.9 Å². The number of urea groups is 1. The summed E-state index contributed by atoms with van der Waals surface area (Å²) in [6, 6.07) is 15.5. The molecule has 3 aliphatic rings. The highest BCUT2D eigenvalue weighted by molar-refractivity contribution is 6.08.